The average molecular weight is 211 g/mol. The van der Waals surface area contributed by atoms with E-state index in [9.17, 15) is 0 Å². The predicted molar refractivity (Wildman–Crippen MR) is 62.8 cm³/mol. The Morgan fingerprint density at radius 2 is 2.06 bits per heavy atom. The van der Waals surface area contributed by atoms with Crippen molar-refractivity contribution in [1.82, 2.24) is 9.55 Å². The highest BCUT2D eigenvalue weighted by atomic mass is 15.0. The second-order valence-electron chi connectivity index (χ2n) is 3.98. The van der Waals surface area contributed by atoms with Crippen LogP contribution in [0.1, 0.15) is 16.8 Å². The largest absolute Gasteiger partial charge is 0.325 e. The molecule has 0 atom stereocenters. The van der Waals surface area contributed by atoms with Gasteiger partial charge < -0.3 is 4.57 Å². The highest BCUT2D eigenvalue weighted by molar-refractivity contribution is 5.69. The fraction of sp³-hybridized carbons (Fsp3) is 0.231. The van der Waals surface area contributed by atoms with Crippen LogP contribution < -0.4 is 0 Å². The van der Waals surface area contributed by atoms with Gasteiger partial charge in [-0.05, 0) is 25.5 Å². The van der Waals surface area contributed by atoms with Gasteiger partial charge in [0.05, 0.1) is 6.33 Å². The Bertz CT molecular complexity index is 573. The molecule has 0 fully saturated rings. The maximum atomic E-state index is 9.10. The highest BCUT2D eigenvalue weighted by Gasteiger charge is 2.12. The number of imidazole rings is 1. The van der Waals surface area contributed by atoms with Crippen molar-refractivity contribution in [3.8, 4) is 17.3 Å². The SMILES string of the molecule is Cc1ccc(C)c(-c2ncn(C)c2C#N)c1. The Morgan fingerprint density at radius 3 is 2.75 bits per heavy atom. The molecule has 0 radical (unpaired) electrons. The van der Waals surface area contributed by atoms with E-state index < -0.39 is 0 Å². The Kier molecular flexibility index (Phi) is 2.49. The molecule has 3 nitrogen and oxygen atoms in total. The zero-order chi connectivity index (χ0) is 11.7. The lowest BCUT2D eigenvalue weighted by atomic mass is 10.0. The second kappa shape index (κ2) is 3.82. The summed E-state index contributed by atoms with van der Waals surface area (Å²) in [6.45, 7) is 4.07. The van der Waals surface area contributed by atoms with Crippen LogP contribution in [-0.2, 0) is 7.05 Å². The van der Waals surface area contributed by atoms with E-state index in [-0.39, 0.29) is 0 Å². The fourth-order valence-corrected chi connectivity index (χ4v) is 1.75. The molecule has 0 aliphatic rings. The summed E-state index contributed by atoms with van der Waals surface area (Å²) < 4.78 is 1.75. The lowest BCUT2D eigenvalue weighted by Gasteiger charge is -2.04. The van der Waals surface area contributed by atoms with Gasteiger partial charge in [0.1, 0.15) is 17.5 Å². The van der Waals surface area contributed by atoms with Crippen LogP contribution in [0.3, 0.4) is 0 Å². The molecule has 3 heteroatoms. The van der Waals surface area contributed by atoms with Gasteiger partial charge in [0.15, 0.2) is 0 Å². The third kappa shape index (κ3) is 1.59. The Morgan fingerprint density at radius 1 is 1.31 bits per heavy atom. The summed E-state index contributed by atoms with van der Waals surface area (Å²) >= 11 is 0. The summed E-state index contributed by atoms with van der Waals surface area (Å²) in [6, 6.07) is 8.38. The summed E-state index contributed by atoms with van der Waals surface area (Å²) in [6.07, 6.45) is 1.68. The highest BCUT2D eigenvalue weighted by Crippen LogP contribution is 2.25. The minimum atomic E-state index is 0.605. The third-order valence-corrected chi connectivity index (χ3v) is 2.69. The average Bonchev–Trinajstić information content (AvgIpc) is 2.63. The molecule has 0 N–H and O–H groups in total. The Hall–Kier alpha value is -2.08. The molecule has 1 aromatic heterocycles. The van der Waals surface area contributed by atoms with Gasteiger partial charge in [0.25, 0.3) is 0 Å². The minimum absolute atomic E-state index is 0.605. The van der Waals surface area contributed by atoms with Crippen molar-refractivity contribution >= 4 is 0 Å². The molecule has 16 heavy (non-hydrogen) atoms. The van der Waals surface area contributed by atoms with Crippen LogP contribution in [0.5, 0.6) is 0 Å². The number of nitrogens with zero attached hydrogens (tertiary/aromatic N) is 3. The number of benzene rings is 1. The van der Waals surface area contributed by atoms with Gasteiger partial charge >= 0.3 is 0 Å². The zero-order valence-electron chi connectivity index (χ0n) is 9.65. The summed E-state index contributed by atoms with van der Waals surface area (Å²) in [5, 5.41) is 9.10. The topological polar surface area (TPSA) is 41.6 Å². The molecular formula is C13H13N3. The first kappa shape index (κ1) is 10.4. The van der Waals surface area contributed by atoms with E-state index in [1.165, 1.54) is 5.56 Å². The van der Waals surface area contributed by atoms with Crippen LogP contribution in [0.15, 0.2) is 24.5 Å². The molecule has 0 unspecified atom stereocenters. The van der Waals surface area contributed by atoms with Crippen molar-refractivity contribution in [2.75, 3.05) is 0 Å². The van der Waals surface area contributed by atoms with Gasteiger partial charge in [0, 0.05) is 12.6 Å². The van der Waals surface area contributed by atoms with Gasteiger partial charge in [-0.1, -0.05) is 17.7 Å². The Labute approximate surface area is 95.0 Å². The first-order chi connectivity index (χ1) is 7.63. The van der Waals surface area contributed by atoms with Crippen LogP contribution in [0.4, 0.5) is 0 Å². The van der Waals surface area contributed by atoms with Crippen molar-refractivity contribution in [3.05, 3.63) is 41.3 Å². The molecule has 1 aromatic carbocycles. The maximum absolute atomic E-state index is 9.10. The van der Waals surface area contributed by atoms with Crippen LogP contribution >= 0.6 is 0 Å². The van der Waals surface area contributed by atoms with E-state index in [0.29, 0.717) is 5.69 Å². The van der Waals surface area contributed by atoms with Crippen molar-refractivity contribution in [3.63, 3.8) is 0 Å². The van der Waals surface area contributed by atoms with Crippen LogP contribution in [0.25, 0.3) is 11.3 Å². The predicted octanol–water partition coefficient (Wildman–Crippen LogP) is 2.58. The summed E-state index contributed by atoms with van der Waals surface area (Å²) in [4.78, 5) is 4.30. The zero-order valence-corrected chi connectivity index (χ0v) is 9.65. The molecule has 80 valence electrons. The lowest BCUT2D eigenvalue weighted by molar-refractivity contribution is 0.897. The second-order valence-corrected chi connectivity index (χ2v) is 3.98. The molecule has 0 aliphatic heterocycles. The summed E-state index contributed by atoms with van der Waals surface area (Å²) in [5.41, 5.74) is 4.73. The summed E-state index contributed by atoms with van der Waals surface area (Å²) in [5.74, 6) is 0. The molecule has 0 saturated carbocycles. The Balaban J connectivity index is 2.68. The van der Waals surface area contributed by atoms with Crippen LogP contribution in [0.2, 0.25) is 0 Å². The quantitative estimate of drug-likeness (QED) is 0.727. The molecule has 1 heterocycles. The van der Waals surface area contributed by atoms with Gasteiger partial charge in [-0.25, -0.2) is 4.98 Å². The van der Waals surface area contributed by atoms with Gasteiger partial charge in [-0.3, -0.25) is 0 Å². The van der Waals surface area contributed by atoms with Crippen molar-refractivity contribution < 1.29 is 0 Å². The molecule has 0 amide bonds. The monoisotopic (exact) mass is 211 g/mol. The van der Waals surface area contributed by atoms with Crippen LogP contribution in [0, 0.1) is 25.2 Å². The molecule has 2 aromatic rings. The number of aryl methyl sites for hydroxylation is 3. The first-order valence-corrected chi connectivity index (χ1v) is 5.12. The van der Waals surface area contributed by atoms with Crippen molar-refractivity contribution in [1.29, 1.82) is 5.26 Å². The van der Waals surface area contributed by atoms with E-state index in [0.717, 1.165) is 16.8 Å². The fourth-order valence-electron chi connectivity index (χ4n) is 1.75. The van der Waals surface area contributed by atoms with E-state index in [1.54, 1.807) is 10.9 Å². The number of hydrogen-bond acceptors (Lipinski definition) is 2. The van der Waals surface area contributed by atoms with Gasteiger partial charge in [-0.2, -0.15) is 5.26 Å². The van der Waals surface area contributed by atoms with Crippen molar-refractivity contribution in [2.24, 2.45) is 7.05 Å². The van der Waals surface area contributed by atoms with E-state index in [4.69, 9.17) is 5.26 Å². The van der Waals surface area contributed by atoms with Gasteiger partial charge in [0.2, 0.25) is 0 Å². The van der Waals surface area contributed by atoms with Crippen molar-refractivity contribution in [2.45, 2.75) is 13.8 Å². The summed E-state index contributed by atoms with van der Waals surface area (Å²) in [7, 11) is 1.83. The number of hydrogen-bond donors (Lipinski definition) is 0. The molecule has 0 spiro atoms. The van der Waals surface area contributed by atoms with E-state index in [1.807, 2.05) is 20.9 Å². The first-order valence-electron chi connectivity index (χ1n) is 5.12. The number of rotatable bonds is 1. The number of aromatic nitrogens is 2. The lowest BCUT2D eigenvalue weighted by Crippen LogP contribution is -1.92. The van der Waals surface area contributed by atoms with E-state index in [2.05, 4.69) is 29.3 Å². The molecular weight excluding hydrogens is 198 g/mol. The molecule has 0 saturated heterocycles. The normalized spacial score (nSPS) is 10.1. The van der Waals surface area contributed by atoms with Gasteiger partial charge in [-0.15, -0.1) is 0 Å². The maximum Gasteiger partial charge on any atom is 0.147 e. The van der Waals surface area contributed by atoms with E-state index >= 15 is 0 Å². The smallest absolute Gasteiger partial charge is 0.147 e. The molecule has 2 rings (SSSR count). The number of nitriles is 1. The standard InChI is InChI=1S/C13H13N3/c1-9-4-5-10(2)11(6-9)13-12(7-14)16(3)8-15-13/h4-6,8H,1-3H3. The molecule has 0 aliphatic carbocycles. The van der Waals surface area contributed by atoms with Crippen LogP contribution in [-0.4, -0.2) is 9.55 Å². The third-order valence-electron chi connectivity index (χ3n) is 2.69. The minimum Gasteiger partial charge on any atom is -0.325 e. The molecule has 0 bridgehead atoms.